The van der Waals surface area contributed by atoms with E-state index >= 15 is 0 Å². The average Bonchev–Trinajstić information content (AvgIpc) is 2.62. The van der Waals surface area contributed by atoms with Gasteiger partial charge in [-0.25, -0.2) is 9.97 Å². The molecule has 1 aromatic carbocycles. The van der Waals surface area contributed by atoms with Crippen molar-refractivity contribution in [2.75, 3.05) is 18.0 Å². The predicted molar refractivity (Wildman–Crippen MR) is 112 cm³/mol. The fourth-order valence-electron chi connectivity index (χ4n) is 2.16. The third-order valence-electron chi connectivity index (χ3n) is 3.56. The van der Waals surface area contributed by atoms with Crippen molar-refractivity contribution in [1.82, 2.24) is 9.97 Å². The summed E-state index contributed by atoms with van der Waals surface area (Å²) in [6.45, 7) is 2.65. The maximum Gasteiger partial charge on any atom is 0.271 e. The number of aliphatic imine (C=N–C) groups is 1. The number of nitrogen functional groups attached to an aromatic ring is 2. The number of halogens is 1. The topological polar surface area (TPSA) is 180 Å². The molecular formula is C18H26ClN7O2. The number of unbranched alkanes of at least 4 members (excludes halogenated alkanes) is 2. The number of aromatic nitrogens is 2. The number of amides is 1. The number of aromatic hydroxyl groups is 1. The number of carbonyl (C=O) groups excluding carboxylic acids is 1. The van der Waals surface area contributed by atoms with Crippen molar-refractivity contribution in [1.29, 1.82) is 0 Å². The Labute approximate surface area is 168 Å². The molecule has 9 N–H and O–H groups in total. The Bertz CT molecular complexity index is 806. The van der Waals surface area contributed by atoms with E-state index in [4.69, 9.17) is 39.6 Å². The summed E-state index contributed by atoms with van der Waals surface area (Å²) in [5.41, 5.74) is 22.0. The number of hydrogen-bond donors (Lipinski definition) is 5. The first-order valence-electron chi connectivity index (χ1n) is 8.63. The smallest absolute Gasteiger partial charge is 0.271 e. The molecule has 0 atom stereocenters. The number of primary amides is 1. The Kier molecular flexibility index (Phi) is 9.52. The summed E-state index contributed by atoms with van der Waals surface area (Å²) in [5, 5.41) is 9.04. The molecule has 0 spiro atoms. The van der Waals surface area contributed by atoms with Gasteiger partial charge in [0.25, 0.3) is 5.91 Å². The molecule has 0 aliphatic heterocycles. The van der Waals surface area contributed by atoms with Gasteiger partial charge in [-0.05, 0) is 43.9 Å². The van der Waals surface area contributed by atoms with Crippen LogP contribution in [0.25, 0.3) is 0 Å². The molecule has 1 heterocycles. The summed E-state index contributed by atoms with van der Waals surface area (Å²) in [6.07, 6.45) is 4.47. The van der Waals surface area contributed by atoms with E-state index in [0.717, 1.165) is 32.2 Å². The quantitative estimate of drug-likeness (QED) is 0.264. The number of phenolic OH excluding ortho intramolecular Hbond substituents is 1. The minimum atomic E-state index is -0.790. The van der Waals surface area contributed by atoms with Crippen LogP contribution in [-0.2, 0) is 6.42 Å². The molecule has 0 aliphatic carbocycles. The van der Waals surface area contributed by atoms with Crippen molar-refractivity contribution in [2.24, 2.45) is 16.5 Å². The van der Waals surface area contributed by atoms with Crippen LogP contribution in [0, 0.1) is 0 Å². The Hall–Kier alpha value is -3.07. The van der Waals surface area contributed by atoms with E-state index in [-0.39, 0.29) is 22.5 Å². The Morgan fingerprint density at radius 3 is 2.29 bits per heavy atom. The molecule has 0 fully saturated rings. The summed E-state index contributed by atoms with van der Waals surface area (Å²) in [6, 6.07) is 7.41. The van der Waals surface area contributed by atoms with Crippen molar-refractivity contribution < 1.29 is 9.90 Å². The van der Waals surface area contributed by atoms with E-state index in [1.165, 1.54) is 5.56 Å². The molecule has 0 saturated heterocycles. The fourth-order valence-corrected chi connectivity index (χ4v) is 2.29. The number of rotatable bonds is 7. The zero-order valence-electron chi connectivity index (χ0n) is 15.7. The van der Waals surface area contributed by atoms with Gasteiger partial charge in [0.05, 0.1) is 5.84 Å². The summed E-state index contributed by atoms with van der Waals surface area (Å²) in [4.78, 5) is 21.9. The highest BCUT2D eigenvalue weighted by Gasteiger charge is 2.11. The van der Waals surface area contributed by atoms with Crippen molar-refractivity contribution in [3.63, 3.8) is 0 Å². The van der Waals surface area contributed by atoms with Crippen molar-refractivity contribution >= 4 is 35.0 Å². The standard InChI is InChI=1S/C13H20N2O.C5H6ClN5O/c1-11(14)15-10-4-2-3-5-12-6-8-13(16)9-7-12;6-2-4(8)11-3(7)1(10-2)5(9)12/h6-9,16H,2-5,10H2,1H3,(H2,14,15);(H2,9,12)(H4,7,8,11). The SMILES string of the molecule is CC(N)=NCCCCCc1ccc(O)cc1.NC(=O)c1nc(Cl)c(N)nc1N. The van der Waals surface area contributed by atoms with Crippen molar-refractivity contribution in [3.05, 3.63) is 40.7 Å². The molecule has 28 heavy (non-hydrogen) atoms. The molecule has 0 saturated carbocycles. The molecule has 10 heteroatoms. The number of nitrogens with zero attached hydrogens (tertiary/aromatic N) is 3. The highest BCUT2D eigenvalue weighted by Crippen LogP contribution is 2.16. The molecule has 0 unspecified atom stereocenters. The number of benzene rings is 1. The summed E-state index contributed by atoms with van der Waals surface area (Å²) < 4.78 is 0. The number of hydrogen-bond acceptors (Lipinski definition) is 7. The fraction of sp³-hybridized carbons (Fsp3) is 0.333. The maximum absolute atomic E-state index is 10.6. The minimum absolute atomic E-state index is 0.0285. The molecule has 0 bridgehead atoms. The van der Waals surface area contributed by atoms with Gasteiger partial charge in [0.15, 0.2) is 22.5 Å². The highest BCUT2D eigenvalue weighted by atomic mass is 35.5. The van der Waals surface area contributed by atoms with Crippen LogP contribution in [0.4, 0.5) is 11.6 Å². The summed E-state index contributed by atoms with van der Waals surface area (Å²) in [5.74, 6) is 0.0560. The molecule has 0 aliphatic rings. The van der Waals surface area contributed by atoms with Crippen molar-refractivity contribution in [3.8, 4) is 5.75 Å². The van der Waals surface area contributed by atoms with Gasteiger partial charge in [-0.3, -0.25) is 9.79 Å². The van der Waals surface area contributed by atoms with Crippen LogP contribution in [0.2, 0.25) is 5.15 Å². The van der Waals surface area contributed by atoms with Crippen LogP contribution in [0.15, 0.2) is 29.3 Å². The van der Waals surface area contributed by atoms with Gasteiger partial charge < -0.3 is 28.0 Å². The molecular weight excluding hydrogens is 382 g/mol. The second-order valence-electron chi connectivity index (χ2n) is 6.00. The van der Waals surface area contributed by atoms with Gasteiger partial charge in [0.1, 0.15) is 5.75 Å². The van der Waals surface area contributed by atoms with Gasteiger partial charge in [0, 0.05) is 6.54 Å². The Morgan fingerprint density at radius 2 is 1.71 bits per heavy atom. The van der Waals surface area contributed by atoms with Gasteiger partial charge in [-0.1, -0.05) is 30.2 Å². The van der Waals surface area contributed by atoms with E-state index in [2.05, 4.69) is 15.0 Å². The first-order chi connectivity index (χ1) is 13.2. The van der Waals surface area contributed by atoms with Crippen molar-refractivity contribution in [2.45, 2.75) is 32.6 Å². The first kappa shape index (κ1) is 23.0. The molecule has 2 aromatic rings. The number of carbonyl (C=O) groups is 1. The number of anilines is 2. The normalized spacial score (nSPS) is 10.9. The van der Waals surface area contributed by atoms with Gasteiger partial charge >= 0.3 is 0 Å². The van der Waals surface area contributed by atoms with Crippen LogP contribution < -0.4 is 22.9 Å². The molecule has 1 aromatic heterocycles. The Balaban J connectivity index is 0.000000292. The van der Waals surface area contributed by atoms with E-state index in [0.29, 0.717) is 11.6 Å². The van der Waals surface area contributed by atoms with Gasteiger partial charge in [-0.15, -0.1) is 0 Å². The molecule has 152 valence electrons. The van der Waals surface area contributed by atoms with Crippen LogP contribution in [0.5, 0.6) is 5.75 Å². The van der Waals surface area contributed by atoms with E-state index in [1.807, 2.05) is 19.1 Å². The van der Waals surface area contributed by atoms with E-state index in [1.54, 1.807) is 12.1 Å². The van der Waals surface area contributed by atoms with Gasteiger partial charge in [-0.2, -0.15) is 0 Å². The largest absolute Gasteiger partial charge is 0.508 e. The third kappa shape index (κ3) is 8.54. The molecule has 1 amide bonds. The van der Waals surface area contributed by atoms with Crippen LogP contribution >= 0.6 is 11.6 Å². The third-order valence-corrected chi connectivity index (χ3v) is 3.84. The summed E-state index contributed by atoms with van der Waals surface area (Å²) >= 11 is 5.47. The lowest BCUT2D eigenvalue weighted by Gasteiger charge is -2.01. The number of nitrogens with two attached hydrogens (primary N) is 4. The molecule has 9 nitrogen and oxygen atoms in total. The van der Waals surface area contributed by atoms with Crippen LogP contribution in [0.1, 0.15) is 42.2 Å². The van der Waals surface area contributed by atoms with E-state index < -0.39 is 5.91 Å². The lowest BCUT2D eigenvalue weighted by atomic mass is 10.1. The zero-order chi connectivity index (χ0) is 21.1. The second-order valence-corrected chi connectivity index (χ2v) is 6.36. The van der Waals surface area contributed by atoms with Crippen LogP contribution in [-0.4, -0.2) is 33.4 Å². The first-order valence-corrected chi connectivity index (χ1v) is 9.01. The molecule has 0 radical (unpaired) electrons. The van der Waals surface area contributed by atoms with Gasteiger partial charge in [0.2, 0.25) is 0 Å². The average molecular weight is 408 g/mol. The lowest BCUT2D eigenvalue weighted by Crippen LogP contribution is -2.17. The van der Waals surface area contributed by atoms with Crippen LogP contribution in [0.3, 0.4) is 0 Å². The minimum Gasteiger partial charge on any atom is -0.508 e. The monoisotopic (exact) mass is 407 g/mol. The van der Waals surface area contributed by atoms with E-state index in [9.17, 15) is 4.79 Å². The maximum atomic E-state index is 10.6. The lowest BCUT2D eigenvalue weighted by molar-refractivity contribution is 0.0996. The Morgan fingerprint density at radius 1 is 1.07 bits per heavy atom. The second kappa shape index (κ2) is 11.6. The summed E-state index contributed by atoms with van der Waals surface area (Å²) in [7, 11) is 0. The number of amidine groups is 1. The highest BCUT2D eigenvalue weighted by molar-refractivity contribution is 6.31. The number of phenols is 1. The molecule has 2 rings (SSSR count). The predicted octanol–water partition coefficient (Wildman–Crippen LogP) is 1.88. The zero-order valence-corrected chi connectivity index (χ0v) is 16.5. The number of aryl methyl sites for hydroxylation is 1.